The molecule has 2 atom stereocenters. The third kappa shape index (κ3) is 4.88. The maximum atomic E-state index is 2.75. The highest BCUT2D eigenvalue weighted by Gasteiger charge is 2.51. The highest BCUT2D eigenvalue weighted by atomic mass is 28.3. The van der Waals surface area contributed by atoms with Gasteiger partial charge in [-0.3, -0.25) is 0 Å². The molecule has 2 rings (SSSR count). The van der Waals surface area contributed by atoms with Crippen molar-refractivity contribution in [2.75, 3.05) is 0 Å². The number of hydrogen-bond acceptors (Lipinski definition) is 0. The molecule has 4 heteroatoms. The number of rotatable bonds is 5. The zero-order chi connectivity index (χ0) is 21.0. The van der Waals surface area contributed by atoms with Gasteiger partial charge in [-0.2, -0.15) is 0 Å². The molecule has 152 valence electrons. The summed E-state index contributed by atoms with van der Waals surface area (Å²) in [6.07, 6.45) is 12.1. The summed E-state index contributed by atoms with van der Waals surface area (Å²) in [6.45, 7) is 31.4. The summed E-state index contributed by atoms with van der Waals surface area (Å²) < 4.78 is 0. The summed E-state index contributed by atoms with van der Waals surface area (Å²) in [7, 11) is -5.52. The minimum Gasteiger partial charge on any atom is -0.0800 e. The van der Waals surface area contributed by atoms with Crippen LogP contribution in [0.5, 0.6) is 0 Å². The lowest BCUT2D eigenvalue weighted by Gasteiger charge is -2.53. The van der Waals surface area contributed by atoms with Crippen LogP contribution in [0.4, 0.5) is 0 Å². The molecule has 0 aromatic heterocycles. The first-order chi connectivity index (χ1) is 12.0. The first-order valence-corrected chi connectivity index (χ1v) is 24.9. The molecule has 2 unspecified atom stereocenters. The van der Waals surface area contributed by atoms with Gasteiger partial charge in [-0.25, -0.2) is 0 Å². The summed E-state index contributed by atoms with van der Waals surface area (Å²) in [6, 6.07) is 0. The molecule has 2 aliphatic rings. The van der Waals surface area contributed by atoms with Gasteiger partial charge >= 0.3 is 0 Å². The van der Waals surface area contributed by atoms with Crippen LogP contribution < -0.4 is 0 Å². The van der Waals surface area contributed by atoms with Crippen molar-refractivity contribution >= 4 is 32.3 Å². The molecule has 0 heterocycles. The average molecular weight is 433 g/mol. The Morgan fingerprint density at radius 1 is 0.593 bits per heavy atom. The molecular weight excluding hydrogens is 389 g/mol. The third-order valence-electron chi connectivity index (χ3n) is 6.25. The van der Waals surface area contributed by atoms with Crippen LogP contribution in [-0.2, 0) is 0 Å². The molecule has 27 heavy (non-hydrogen) atoms. The van der Waals surface area contributed by atoms with E-state index in [1.54, 1.807) is 5.57 Å². The normalized spacial score (nSPS) is 25.4. The summed E-state index contributed by atoms with van der Waals surface area (Å²) >= 11 is 0. The van der Waals surface area contributed by atoms with Crippen LogP contribution in [0.15, 0.2) is 46.3 Å². The van der Waals surface area contributed by atoms with Crippen molar-refractivity contribution in [3.05, 3.63) is 46.3 Å². The average Bonchev–Trinajstić information content (AvgIpc) is 2.94. The van der Waals surface area contributed by atoms with E-state index in [2.05, 4.69) is 109 Å². The Balaban J connectivity index is 2.92. The molecule has 0 spiro atoms. The third-order valence-corrected chi connectivity index (χ3v) is 16.6. The van der Waals surface area contributed by atoms with Gasteiger partial charge in [-0.1, -0.05) is 119 Å². The van der Waals surface area contributed by atoms with Crippen LogP contribution in [0.2, 0.25) is 89.6 Å². The van der Waals surface area contributed by atoms with Crippen molar-refractivity contribution in [1.82, 2.24) is 0 Å². The van der Waals surface area contributed by atoms with E-state index in [9.17, 15) is 0 Å². The van der Waals surface area contributed by atoms with Gasteiger partial charge in [-0.15, -0.1) is 0 Å². The van der Waals surface area contributed by atoms with Crippen LogP contribution in [0.25, 0.3) is 0 Å². The fraction of sp³-hybridized carbons (Fsp3) is 0.652. The van der Waals surface area contributed by atoms with E-state index in [1.807, 2.05) is 10.4 Å². The molecule has 0 fully saturated rings. The van der Waals surface area contributed by atoms with Crippen molar-refractivity contribution in [2.45, 2.75) is 89.6 Å². The highest BCUT2D eigenvalue weighted by Crippen LogP contribution is 2.58. The van der Waals surface area contributed by atoms with E-state index >= 15 is 0 Å². The van der Waals surface area contributed by atoms with E-state index in [4.69, 9.17) is 0 Å². The second-order valence-electron chi connectivity index (χ2n) is 13.0. The largest absolute Gasteiger partial charge is 0.0800 e. The Hall–Kier alpha value is -0.172. The van der Waals surface area contributed by atoms with Crippen LogP contribution >= 0.6 is 0 Å². The maximum Gasteiger partial charge on any atom is 0.0728 e. The molecule has 2 aliphatic carbocycles. The molecule has 0 aromatic carbocycles. The van der Waals surface area contributed by atoms with E-state index in [0.717, 1.165) is 11.1 Å². The van der Waals surface area contributed by atoms with Gasteiger partial charge in [0.15, 0.2) is 0 Å². The lowest BCUT2D eigenvalue weighted by atomic mass is 9.94. The van der Waals surface area contributed by atoms with Crippen molar-refractivity contribution in [3.63, 3.8) is 0 Å². The van der Waals surface area contributed by atoms with E-state index < -0.39 is 32.3 Å². The molecule has 0 aliphatic heterocycles. The fourth-order valence-electron chi connectivity index (χ4n) is 5.26. The highest BCUT2D eigenvalue weighted by molar-refractivity contribution is 6.93. The second kappa shape index (κ2) is 7.26. The Bertz CT molecular complexity index is 683. The zero-order valence-corrected chi connectivity index (χ0v) is 24.1. The fourth-order valence-corrected chi connectivity index (χ4v) is 22.1. The minimum absolute atomic E-state index is 0.513. The molecule has 0 saturated heterocycles. The smallest absolute Gasteiger partial charge is 0.0728 e. The topological polar surface area (TPSA) is 0 Å². The van der Waals surface area contributed by atoms with Gasteiger partial charge in [0.05, 0.1) is 32.3 Å². The van der Waals surface area contributed by atoms with Crippen molar-refractivity contribution < 1.29 is 0 Å². The second-order valence-corrected chi connectivity index (χ2v) is 33.8. The summed E-state index contributed by atoms with van der Waals surface area (Å²) in [4.78, 5) is 0. The maximum absolute atomic E-state index is 2.75. The van der Waals surface area contributed by atoms with Gasteiger partial charge in [0.25, 0.3) is 0 Å². The Morgan fingerprint density at radius 3 is 1.37 bits per heavy atom. The van der Waals surface area contributed by atoms with E-state index in [-0.39, 0.29) is 0 Å². The van der Waals surface area contributed by atoms with Gasteiger partial charge in [-0.05, 0) is 16.7 Å². The quantitative estimate of drug-likeness (QED) is 0.384. The SMILES string of the molecule is C[Si](C)(C)C1=CC(C2C=CC=C2)=C([Si](C)(C)C)C([Si](C)(C)C)C1[Si](C)(C)C. The van der Waals surface area contributed by atoms with Crippen molar-refractivity contribution in [2.24, 2.45) is 5.92 Å². The Morgan fingerprint density at radius 2 is 1.04 bits per heavy atom. The van der Waals surface area contributed by atoms with Crippen LogP contribution in [0, 0.1) is 5.92 Å². The number of allylic oxidation sites excluding steroid dienone is 8. The lowest BCUT2D eigenvalue weighted by Crippen LogP contribution is -2.51. The molecule has 0 nitrogen and oxygen atoms in total. The van der Waals surface area contributed by atoms with Gasteiger partial charge < -0.3 is 0 Å². The summed E-state index contributed by atoms with van der Waals surface area (Å²) in [5.41, 5.74) is 3.38. The molecule has 0 saturated carbocycles. The number of hydrogen-bond donors (Lipinski definition) is 0. The van der Waals surface area contributed by atoms with E-state index in [1.165, 1.54) is 0 Å². The predicted octanol–water partition coefficient (Wildman–Crippen LogP) is 8.14. The zero-order valence-electron chi connectivity index (χ0n) is 20.1. The summed E-state index contributed by atoms with van der Waals surface area (Å²) in [5.74, 6) is 0.513. The van der Waals surface area contributed by atoms with Gasteiger partial charge in [0, 0.05) is 5.92 Å². The Kier molecular flexibility index (Phi) is 6.21. The molecule has 0 aromatic rings. The van der Waals surface area contributed by atoms with Crippen molar-refractivity contribution in [1.29, 1.82) is 0 Å². The monoisotopic (exact) mass is 432 g/mol. The molecule has 0 amide bonds. The van der Waals surface area contributed by atoms with Crippen molar-refractivity contribution in [3.8, 4) is 0 Å². The van der Waals surface area contributed by atoms with Gasteiger partial charge in [0.1, 0.15) is 0 Å². The molecule has 0 N–H and O–H groups in total. The molecule has 0 radical (unpaired) electrons. The molecule has 0 bridgehead atoms. The van der Waals surface area contributed by atoms with Crippen LogP contribution in [0.3, 0.4) is 0 Å². The standard InChI is InChI=1S/C23H44Si4/c1-24(2,3)20-17-19(18-15-13-14-16-18)21(25(4,5)6)23(27(10,11)12)22(20)26(7,8)9/h13-18,22-23H,1-12H3. The molecular formula is C23H44Si4. The summed E-state index contributed by atoms with van der Waals surface area (Å²) in [5, 5.41) is 3.82. The first-order valence-electron chi connectivity index (χ1n) is 10.8. The van der Waals surface area contributed by atoms with Gasteiger partial charge in [0.2, 0.25) is 0 Å². The predicted molar refractivity (Wildman–Crippen MR) is 138 cm³/mol. The van der Waals surface area contributed by atoms with E-state index in [0.29, 0.717) is 5.92 Å². The first kappa shape index (κ1) is 23.1. The lowest BCUT2D eigenvalue weighted by molar-refractivity contribution is 0.842. The van der Waals surface area contributed by atoms with Crippen LogP contribution in [0.1, 0.15) is 0 Å². The Labute approximate surface area is 174 Å². The minimum atomic E-state index is -1.43. The van der Waals surface area contributed by atoms with Crippen LogP contribution in [-0.4, -0.2) is 32.3 Å².